The summed E-state index contributed by atoms with van der Waals surface area (Å²) in [5.41, 5.74) is 0.880. The van der Waals surface area contributed by atoms with Gasteiger partial charge in [0, 0.05) is 0 Å². The number of aromatic amines is 1. The molecule has 1 heterocycles. The highest BCUT2D eigenvalue weighted by Crippen LogP contribution is 2.20. The number of phenolic OH excluding ortho intramolecular Hbond substituents is 1. The van der Waals surface area contributed by atoms with Crippen molar-refractivity contribution in [3.8, 4) is 5.75 Å². The van der Waals surface area contributed by atoms with Gasteiger partial charge in [-0.1, -0.05) is 17.3 Å². The number of aryl methyl sites for hydroxylation is 1. The van der Waals surface area contributed by atoms with E-state index in [9.17, 15) is 9.90 Å². The molecular formula is C10H11N5O2. The predicted molar refractivity (Wildman–Crippen MR) is 58.2 cm³/mol. The molecule has 0 radical (unpaired) electrons. The minimum Gasteiger partial charge on any atom is -0.507 e. The van der Waals surface area contributed by atoms with Crippen LogP contribution in [0.1, 0.15) is 21.7 Å². The number of amides is 1. The first kappa shape index (κ1) is 11.1. The fourth-order valence-corrected chi connectivity index (χ4v) is 1.35. The molecule has 2 rings (SSSR count). The lowest BCUT2D eigenvalue weighted by molar-refractivity contribution is 0.0947. The summed E-state index contributed by atoms with van der Waals surface area (Å²) in [6.07, 6.45) is 0. The average Bonchev–Trinajstić information content (AvgIpc) is 2.82. The third kappa shape index (κ3) is 2.39. The highest BCUT2D eigenvalue weighted by Gasteiger charge is 2.12. The van der Waals surface area contributed by atoms with Crippen LogP contribution >= 0.6 is 0 Å². The van der Waals surface area contributed by atoms with E-state index >= 15 is 0 Å². The molecule has 3 N–H and O–H groups in total. The van der Waals surface area contributed by atoms with Crippen LogP contribution in [-0.4, -0.2) is 31.6 Å². The van der Waals surface area contributed by atoms with Gasteiger partial charge in [0.2, 0.25) is 0 Å². The van der Waals surface area contributed by atoms with Crippen molar-refractivity contribution < 1.29 is 9.90 Å². The zero-order valence-corrected chi connectivity index (χ0v) is 9.14. The molecule has 0 spiro atoms. The maximum Gasteiger partial charge on any atom is 0.255 e. The number of H-pyrrole nitrogens is 1. The van der Waals surface area contributed by atoms with E-state index in [0.29, 0.717) is 11.4 Å². The van der Waals surface area contributed by atoms with Gasteiger partial charge in [-0.25, -0.2) is 0 Å². The first-order chi connectivity index (χ1) is 8.18. The molecule has 2 aromatic rings. The van der Waals surface area contributed by atoms with E-state index in [2.05, 4.69) is 25.9 Å². The van der Waals surface area contributed by atoms with Gasteiger partial charge < -0.3 is 10.4 Å². The molecular weight excluding hydrogens is 222 g/mol. The van der Waals surface area contributed by atoms with Crippen molar-refractivity contribution in [1.29, 1.82) is 0 Å². The van der Waals surface area contributed by atoms with Crippen LogP contribution in [0.4, 0.5) is 0 Å². The molecule has 0 aliphatic rings. The molecule has 0 saturated heterocycles. The summed E-state index contributed by atoms with van der Waals surface area (Å²) in [7, 11) is 0. The topological polar surface area (TPSA) is 104 Å². The molecule has 0 aliphatic heterocycles. The number of para-hydroxylation sites is 1. The minimum absolute atomic E-state index is 0.0156. The van der Waals surface area contributed by atoms with Crippen molar-refractivity contribution in [1.82, 2.24) is 25.9 Å². The van der Waals surface area contributed by atoms with Crippen LogP contribution < -0.4 is 5.32 Å². The largest absolute Gasteiger partial charge is 0.507 e. The Morgan fingerprint density at radius 2 is 2.35 bits per heavy atom. The van der Waals surface area contributed by atoms with Crippen molar-refractivity contribution in [3.05, 3.63) is 35.2 Å². The molecule has 1 aromatic heterocycles. The number of tetrazole rings is 1. The van der Waals surface area contributed by atoms with E-state index in [1.807, 2.05) is 0 Å². The van der Waals surface area contributed by atoms with E-state index in [1.54, 1.807) is 25.1 Å². The van der Waals surface area contributed by atoms with Gasteiger partial charge in [-0.2, -0.15) is 5.21 Å². The molecule has 0 bridgehead atoms. The van der Waals surface area contributed by atoms with Crippen LogP contribution in [0.25, 0.3) is 0 Å². The predicted octanol–water partition coefficient (Wildman–Crippen LogP) is 0.144. The Morgan fingerprint density at radius 3 is 3.06 bits per heavy atom. The van der Waals surface area contributed by atoms with Crippen molar-refractivity contribution in [2.45, 2.75) is 13.5 Å². The summed E-state index contributed by atoms with van der Waals surface area (Å²) >= 11 is 0. The van der Waals surface area contributed by atoms with Crippen molar-refractivity contribution in [3.63, 3.8) is 0 Å². The Bertz CT molecular complexity index is 523. The molecule has 7 nitrogen and oxygen atoms in total. The Hall–Kier alpha value is -2.44. The van der Waals surface area contributed by atoms with Gasteiger partial charge in [-0.15, -0.1) is 10.2 Å². The fourth-order valence-electron chi connectivity index (χ4n) is 1.35. The van der Waals surface area contributed by atoms with Crippen molar-refractivity contribution >= 4 is 5.91 Å². The second-order valence-electron chi connectivity index (χ2n) is 3.48. The number of phenols is 1. The third-order valence-corrected chi connectivity index (χ3v) is 2.28. The Kier molecular flexibility index (Phi) is 2.99. The fraction of sp³-hybridized carbons (Fsp3) is 0.200. The van der Waals surface area contributed by atoms with Gasteiger partial charge >= 0.3 is 0 Å². The lowest BCUT2D eigenvalue weighted by Crippen LogP contribution is -2.23. The van der Waals surface area contributed by atoms with Crippen LogP contribution in [0.15, 0.2) is 18.2 Å². The second-order valence-corrected chi connectivity index (χ2v) is 3.48. The van der Waals surface area contributed by atoms with Gasteiger partial charge in [0.15, 0.2) is 5.82 Å². The Morgan fingerprint density at radius 1 is 1.53 bits per heavy atom. The Balaban J connectivity index is 2.07. The molecule has 0 aliphatic carbocycles. The number of carbonyl (C=O) groups excluding carboxylic acids is 1. The van der Waals surface area contributed by atoms with E-state index in [0.717, 1.165) is 0 Å². The van der Waals surface area contributed by atoms with E-state index in [1.165, 1.54) is 0 Å². The quantitative estimate of drug-likeness (QED) is 0.699. The second kappa shape index (κ2) is 4.60. The number of rotatable bonds is 3. The van der Waals surface area contributed by atoms with Gasteiger partial charge in [-0.05, 0) is 18.6 Å². The smallest absolute Gasteiger partial charge is 0.255 e. The van der Waals surface area contributed by atoms with Gasteiger partial charge in [0.1, 0.15) is 5.75 Å². The molecule has 0 unspecified atom stereocenters. The van der Waals surface area contributed by atoms with Gasteiger partial charge in [0.05, 0.1) is 12.1 Å². The number of hydrogen-bond acceptors (Lipinski definition) is 5. The zero-order valence-electron chi connectivity index (χ0n) is 9.14. The molecule has 1 aromatic carbocycles. The summed E-state index contributed by atoms with van der Waals surface area (Å²) in [5.74, 6) is -0.0143. The lowest BCUT2D eigenvalue weighted by atomic mass is 10.1. The summed E-state index contributed by atoms with van der Waals surface area (Å²) in [6, 6.07) is 4.98. The number of aromatic nitrogens is 4. The van der Waals surface area contributed by atoms with Gasteiger partial charge in [-0.3, -0.25) is 4.79 Å². The molecule has 0 saturated carbocycles. The van der Waals surface area contributed by atoms with Crippen molar-refractivity contribution in [2.75, 3.05) is 0 Å². The zero-order chi connectivity index (χ0) is 12.3. The maximum absolute atomic E-state index is 11.8. The third-order valence-electron chi connectivity index (χ3n) is 2.28. The number of hydrogen-bond donors (Lipinski definition) is 3. The number of aromatic hydroxyl groups is 1. The lowest BCUT2D eigenvalue weighted by Gasteiger charge is -2.06. The molecule has 1 amide bonds. The number of nitrogens with zero attached hydrogens (tertiary/aromatic N) is 3. The molecule has 0 atom stereocenters. The standard InChI is InChI=1S/C10H11N5O2/c1-6-3-2-4-7(9(6)16)10(17)11-5-8-12-14-15-13-8/h2-4,16H,5H2,1H3,(H,11,17)(H,12,13,14,15). The first-order valence-electron chi connectivity index (χ1n) is 4.97. The highest BCUT2D eigenvalue weighted by atomic mass is 16.3. The summed E-state index contributed by atoms with van der Waals surface area (Å²) in [6.45, 7) is 1.88. The van der Waals surface area contributed by atoms with Crippen LogP contribution in [0.3, 0.4) is 0 Å². The number of carbonyl (C=O) groups is 1. The van der Waals surface area contributed by atoms with Crippen LogP contribution in [0.2, 0.25) is 0 Å². The van der Waals surface area contributed by atoms with E-state index in [4.69, 9.17) is 0 Å². The van der Waals surface area contributed by atoms with Crippen LogP contribution in [0.5, 0.6) is 5.75 Å². The van der Waals surface area contributed by atoms with E-state index < -0.39 is 0 Å². The first-order valence-corrected chi connectivity index (χ1v) is 4.97. The van der Waals surface area contributed by atoms with Crippen LogP contribution in [0, 0.1) is 6.92 Å². The molecule has 17 heavy (non-hydrogen) atoms. The van der Waals surface area contributed by atoms with E-state index in [-0.39, 0.29) is 23.8 Å². The highest BCUT2D eigenvalue weighted by molar-refractivity contribution is 5.97. The minimum atomic E-state index is -0.379. The number of benzene rings is 1. The van der Waals surface area contributed by atoms with Gasteiger partial charge in [0.25, 0.3) is 5.91 Å². The maximum atomic E-state index is 11.8. The molecule has 0 fully saturated rings. The Labute approximate surface area is 96.9 Å². The molecule has 88 valence electrons. The molecule has 7 heteroatoms. The average molecular weight is 233 g/mol. The summed E-state index contributed by atoms with van der Waals surface area (Å²) < 4.78 is 0. The summed E-state index contributed by atoms with van der Waals surface area (Å²) in [5, 5.41) is 25.3. The van der Waals surface area contributed by atoms with Crippen LogP contribution in [-0.2, 0) is 6.54 Å². The SMILES string of the molecule is Cc1cccc(C(=O)NCc2nn[nH]n2)c1O. The summed E-state index contributed by atoms with van der Waals surface area (Å²) in [4.78, 5) is 11.8. The monoisotopic (exact) mass is 233 g/mol. The number of nitrogens with one attached hydrogen (secondary N) is 2. The normalized spacial score (nSPS) is 10.2. The van der Waals surface area contributed by atoms with Crippen molar-refractivity contribution in [2.24, 2.45) is 0 Å².